The molecule has 1 saturated heterocycles. The minimum atomic E-state index is -0.179. The number of benzene rings is 1. The van der Waals surface area contributed by atoms with E-state index >= 15 is 0 Å². The van der Waals surface area contributed by atoms with Crippen LogP contribution >= 0.6 is 0 Å². The number of amides is 3. The molecule has 21 heavy (non-hydrogen) atoms. The van der Waals surface area contributed by atoms with E-state index in [9.17, 15) is 9.59 Å². The van der Waals surface area contributed by atoms with Crippen LogP contribution in [0.1, 0.15) is 13.3 Å². The van der Waals surface area contributed by atoms with Crippen molar-refractivity contribution in [1.82, 2.24) is 10.2 Å². The molecule has 0 saturated carbocycles. The Morgan fingerprint density at radius 2 is 2.05 bits per heavy atom. The van der Waals surface area contributed by atoms with Crippen LogP contribution in [0.5, 0.6) is 5.75 Å². The average Bonchev–Trinajstić information content (AvgIpc) is 2.80. The van der Waals surface area contributed by atoms with E-state index in [0.717, 1.165) is 11.4 Å². The Labute approximate surface area is 124 Å². The second-order valence-corrected chi connectivity index (χ2v) is 5.18. The van der Waals surface area contributed by atoms with E-state index < -0.39 is 0 Å². The van der Waals surface area contributed by atoms with Crippen LogP contribution in [0.4, 0.5) is 10.5 Å². The summed E-state index contributed by atoms with van der Waals surface area (Å²) >= 11 is 0. The van der Waals surface area contributed by atoms with Gasteiger partial charge in [0.25, 0.3) is 0 Å². The molecule has 0 spiro atoms. The van der Waals surface area contributed by atoms with E-state index in [-0.39, 0.29) is 18.0 Å². The molecule has 1 aromatic carbocycles. The van der Waals surface area contributed by atoms with Gasteiger partial charge in [0.15, 0.2) is 0 Å². The number of anilines is 1. The van der Waals surface area contributed by atoms with Crippen molar-refractivity contribution < 1.29 is 14.3 Å². The summed E-state index contributed by atoms with van der Waals surface area (Å²) in [6.07, 6.45) is 0.326. The molecule has 0 aromatic heterocycles. The van der Waals surface area contributed by atoms with Gasteiger partial charge in [-0.3, -0.25) is 4.79 Å². The van der Waals surface area contributed by atoms with Gasteiger partial charge < -0.3 is 19.9 Å². The van der Waals surface area contributed by atoms with E-state index in [1.165, 1.54) is 4.90 Å². The number of ether oxygens (including phenoxy) is 1. The molecule has 6 nitrogen and oxygen atoms in total. The third-order valence-electron chi connectivity index (χ3n) is 3.32. The lowest BCUT2D eigenvalue weighted by Gasteiger charge is -2.19. The molecule has 2 rings (SSSR count). The van der Waals surface area contributed by atoms with Crippen LogP contribution in [0.3, 0.4) is 0 Å². The SMILES string of the molecule is CCOc1ccc(N2CC(NC(=O)N(C)C)CC2=O)cc1. The molecule has 1 atom stereocenters. The van der Waals surface area contributed by atoms with E-state index in [4.69, 9.17) is 4.74 Å². The summed E-state index contributed by atoms with van der Waals surface area (Å²) in [6.45, 7) is 3.03. The lowest BCUT2D eigenvalue weighted by Crippen LogP contribution is -2.42. The summed E-state index contributed by atoms with van der Waals surface area (Å²) in [5.41, 5.74) is 0.824. The van der Waals surface area contributed by atoms with Crippen molar-refractivity contribution >= 4 is 17.6 Å². The van der Waals surface area contributed by atoms with Crippen LogP contribution in [0.25, 0.3) is 0 Å². The molecule has 1 unspecified atom stereocenters. The normalized spacial score (nSPS) is 17.8. The van der Waals surface area contributed by atoms with Gasteiger partial charge in [-0.25, -0.2) is 4.79 Å². The summed E-state index contributed by atoms with van der Waals surface area (Å²) in [4.78, 5) is 26.9. The van der Waals surface area contributed by atoms with Crippen molar-refractivity contribution in [3.05, 3.63) is 24.3 Å². The summed E-state index contributed by atoms with van der Waals surface area (Å²) in [6, 6.07) is 7.08. The number of nitrogens with one attached hydrogen (secondary N) is 1. The largest absolute Gasteiger partial charge is 0.494 e. The minimum Gasteiger partial charge on any atom is -0.494 e. The van der Waals surface area contributed by atoms with Gasteiger partial charge in [-0.2, -0.15) is 0 Å². The maximum Gasteiger partial charge on any atom is 0.317 e. The van der Waals surface area contributed by atoms with Crippen molar-refractivity contribution in [1.29, 1.82) is 0 Å². The smallest absolute Gasteiger partial charge is 0.317 e. The topological polar surface area (TPSA) is 61.9 Å². The fourth-order valence-electron chi connectivity index (χ4n) is 2.25. The van der Waals surface area contributed by atoms with Gasteiger partial charge in [0.2, 0.25) is 5.91 Å². The first-order valence-electron chi connectivity index (χ1n) is 7.02. The lowest BCUT2D eigenvalue weighted by molar-refractivity contribution is -0.117. The van der Waals surface area contributed by atoms with E-state index in [2.05, 4.69) is 5.32 Å². The minimum absolute atomic E-state index is 0.0169. The second-order valence-electron chi connectivity index (χ2n) is 5.18. The number of hydrogen-bond acceptors (Lipinski definition) is 3. The average molecular weight is 291 g/mol. The molecule has 114 valence electrons. The molecule has 1 aromatic rings. The van der Waals surface area contributed by atoms with Crippen molar-refractivity contribution in [3.8, 4) is 5.75 Å². The summed E-state index contributed by atoms with van der Waals surface area (Å²) in [5.74, 6) is 0.800. The Morgan fingerprint density at radius 1 is 1.38 bits per heavy atom. The third kappa shape index (κ3) is 3.65. The van der Waals surface area contributed by atoms with Crippen molar-refractivity contribution in [2.75, 3.05) is 32.1 Å². The number of carbonyl (C=O) groups excluding carboxylic acids is 2. The number of urea groups is 1. The van der Waals surface area contributed by atoms with Crippen LogP contribution in [0.2, 0.25) is 0 Å². The second kappa shape index (κ2) is 6.47. The number of nitrogens with zero attached hydrogens (tertiary/aromatic N) is 2. The van der Waals surface area contributed by atoms with Crippen molar-refractivity contribution in [2.24, 2.45) is 0 Å². The molecular weight excluding hydrogens is 270 g/mol. The maximum atomic E-state index is 12.1. The summed E-state index contributed by atoms with van der Waals surface area (Å²) in [7, 11) is 3.35. The molecule has 0 aliphatic carbocycles. The first-order chi connectivity index (χ1) is 10.0. The molecule has 1 heterocycles. The highest BCUT2D eigenvalue weighted by Gasteiger charge is 2.31. The Bertz CT molecular complexity index is 513. The van der Waals surface area contributed by atoms with E-state index in [1.54, 1.807) is 19.0 Å². The highest BCUT2D eigenvalue weighted by molar-refractivity contribution is 5.96. The molecule has 1 aliphatic heterocycles. The van der Waals surface area contributed by atoms with Crippen LogP contribution in [0.15, 0.2) is 24.3 Å². The van der Waals surface area contributed by atoms with Gasteiger partial charge in [-0.15, -0.1) is 0 Å². The Hall–Kier alpha value is -2.24. The highest BCUT2D eigenvalue weighted by atomic mass is 16.5. The van der Waals surface area contributed by atoms with Crippen LogP contribution < -0.4 is 15.0 Å². The van der Waals surface area contributed by atoms with E-state index in [1.807, 2.05) is 31.2 Å². The Balaban J connectivity index is 2.01. The quantitative estimate of drug-likeness (QED) is 0.913. The monoisotopic (exact) mass is 291 g/mol. The molecule has 1 N–H and O–H groups in total. The molecule has 0 radical (unpaired) electrons. The third-order valence-corrected chi connectivity index (χ3v) is 3.32. The maximum absolute atomic E-state index is 12.1. The molecule has 6 heteroatoms. The van der Waals surface area contributed by atoms with Crippen molar-refractivity contribution in [2.45, 2.75) is 19.4 Å². The van der Waals surface area contributed by atoms with Crippen LogP contribution in [0, 0.1) is 0 Å². The zero-order valence-corrected chi connectivity index (χ0v) is 12.6. The molecule has 3 amide bonds. The van der Waals surface area contributed by atoms with Crippen molar-refractivity contribution in [3.63, 3.8) is 0 Å². The fraction of sp³-hybridized carbons (Fsp3) is 0.467. The zero-order valence-electron chi connectivity index (χ0n) is 12.6. The van der Waals surface area contributed by atoms with Crippen LogP contribution in [-0.4, -0.2) is 50.1 Å². The zero-order chi connectivity index (χ0) is 15.4. The Kier molecular flexibility index (Phi) is 4.67. The highest BCUT2D eigenvalue weighted by Crippen LogP contribution is 2.24. The standard InChI is InChI=1S/C15H21N3O3/c1-4-21-13-7-5-12(6-8-13)18-10-11(9-14(18)19)16-15(20)17(2)3/h5-8,11H,4,9-10H2,1-3H3,(H,16,20). The number of hydrogen-bond donors (Lipinski definition) is 1. The predicted molar refractivity (Wildman–Crippen MR) is 80.6 cm³/mol. The first kappa shape index (κ1) is 15.2. The van der Waals surface area contributed by atoms with Gasteiger partial charge in [0.1, 0.15) is 5.75 Å². The number of carbonyl (C=O) groups is 2. The van der Waals surface area contributed by atoms with Gasteiger partial charge in [0.05, 0.1) is 12.6 Å². The first-order valence-corrected chi connectivity index (χ1v) is 7.02. The van der Waals surface area contributed by atoms with Gasteiger partial charge >= 0.3 is 6.03 Å². The Morgan fingerprint density at radius 3 is 2.62 bits per heavy atom. The molecular formula is C15H21N3O3. The van der Waals surface area contributed by atoms with Crippen LogP contribution in [-0.2, 0) is 4.79 Å². The summed E-state index contributed by atoms with van der Waals surface area (Å²) < 4.78 is 5.38. The predicted octanol–water partition coefficient (Wildman–Crippen LogP) is 1.46. The van der Waals surface area contributed by atoms with Gasteiger partial charge in [0, 0.05) is 32.7 Å². The number of rotatable bonds is 4. The fourth-order valence-corrected chi connectivity index (χ4v) is 2.25. The lowest BCUT2D eigenvalue weighted by atomic mass is 10.2. The summed E-state index contributed by atoms with van der Waals surface area (Å²) in [5, 5.41) is 2.84. The molecule has 1 aliphatic rings. The molecule has 1 fully saturated rings. The van der Waals surface area contributed by atoms with Gasteiger partial charge in [-0.05, 0) is 31.2 Å². The molecule has 0 bridgehead atoms. The van der Waals surface area contributed by atoms with E-state index in [0.29, 0.717) is 19.6 Å². The van der Waals surface area contributed by atoms with Gasteiger partial charge in [-0.1, -0.05) is 0 Å².